The number of hydrogen-bond donors (Lipinski definition) is 1. The summed E-state index contributed by atoms with van der Waals surface area (Å²) in [7, 11) is 1.35. The van der Waals surface area contributed by atoms with Gasteiger partial charge in [0, 0.05) is 13.2 Å². The number of nitrogens with zero attached hydrogens (tertiary/aromatic N) is 4. The van der Waals surface area contributed by atoms with E-state index < -0.39 is 23.1 Å². The number of carbonyl (C=O) groups is 1. The Morgan fingerprint density at radius 2 is 2.41 bits per heavy atom. The van der Waals surface area contributed by atoms with Crippen molar-refractivity contribution in [1.29, 1.82) is 5.26 Å². The maximum Gasteiger partial charge on any atom is 0.329 e. The minimum absolute atomic E-state index is 0.142. The van der Waals surface area contributed by atoms with E-state index in [0.29, 0.717) is 0 Å². The Bertz CT molecular complexity index is 508. The number of carboxylic acid groups (broad SMARTS) is 1. The van der Waals surface area contributed by atoms with Crippen LogP contribution in [0.25, 0.3) is 0 Å². The average molecular weight is 236 g/mol. The Morgan fingerprint density at radius 3 is 2.88 bits per heavy atom. The summed E-state index contributed by atoms with van der Waals surface area (Å²) in [5.41, 5.74) is -0.643. The lowest BCUT2D eigenvalue weighted by atomic mass is 10.2. The van der Waals surface area contributed by atoms with Gasteiger partial charge < -0.3 is 10.0 Å². The first-order chi connectivity index (χ1) is 7.97. The van der Waals surface area contributed by atoms with Gasteiger partial charge in [0.15, 0.2) is 0 Å². The van der Waals surface area contributed by atoms with Crippen LogP contribution in [0, 0.1) is 21.4 Å². The SMILES string of the molecule is CN(CC(=O)O)c1nccc(C#N)c1[N+](=O)[O-]. The van der Waals surface area contributed by atoms with Crippen molar-refractivity contribution < 1.29 is 14.8 Å². The number of hydrogen-bond acceptors (Lipinski definition) is 6. The molecule has 88 valence electrons. The molecular weight excluding hydrogens is 228 g/mol. The van der Waals surface area contributed by atoms with Crippen molar-refractivity contribution in [3.8, 4) is 6.07 Å². The first kappa shape index (κ1) is 12.4. The van der Waals surface area contributed by atoms with Crippen molar-refractivity contribution in [2.75, 3.05) is 18.5 Å². The lowest BCUT2D eigenvalue weighted by Crippen LogP contribution is -2.26. The van der Waals surface area contributed by atoms with Crippen molar-refractivity contribution in [3.63, 3.8) is 0 Å². The van der Waals surface area contributed by atoms with Gasteiger partial charge in [0.1, 0.15) is 18.2 Å². The Labute approximate surface area is 95.9 Å². The van der Waals surface area contributed by atoms with Crippen molar-refractivity contribution in [2.45, 2.75) is 0 Å². The number of aromatic nitrogens is 1. The third-order valence-corrected chi connectivity index (χ3v) is 1.94. The minimum atomic E-state index is -1.15. The lowest BCUT2D eigenvalue weighted by Gasteiger charge is -2.15. The number of aliphatic carboxylic acids is 1. The maximum absolute atomic E-state index is 10.8. The van der Waals surface area contributed by atoms with Gasteiger partial charge in [-0.3, -0.25) is 14.9 Å². The summed E-state index contributed by atoms with van der Waals surface area (Å²) in [5.74, 6) is -1.29. The fraction of sp³-hybridized carbons (Fsp3) is 0.222. The average Bonchev–Trinajstić information content (AvgIpc) is 2.26. The second kappa shape index (κ2) is 4.89. The topological polar surface area (TPSA) is 120 Å². The predicted molar refractivity (Wildman–Crippen MR) is 56.5 cm³/mol. The summed E-state index contributed by atoms with van der Waals surface area (Å²) in [4.78, 5) is 25.4. The summed E-state index contributed by atoms with van der Waals surface area (Å²) in [5, 5.41) is 28.2. The first-order valence-electron chi connectivity index (χ1n) is 4.43. The maximum atomic E-state index is 10.8. The van der Waals surface area contributed by atoms with Crippen LogP contribution in [0.15, 0.2) is 12.3 Å². The molecule has 0 bridgehead atoms. The fourth-order valence-corrected chi connectivity index (χ4v) is 1.27. The molecule has 1 N–H and O–H groups in total. The van der Waals surface area contributed by atoms with E-state index in [9.17, 15) is 14.9 Å². The van der Waals surface area contributed by atoms with Gasteiger partial charge in [0.2, 0.25) is 5.82 Å². The van der Waals surface area contributed by atoms with E-state index in [2.05, 4.69) is 4.98 Å². The Balaban J connectivity index is 3.29. The van der Waals surface area contributed by atoms with Gasteiger partial charge >= 0.3 is 11.7 Å². The van der Waals surface area contributed by atoms with Gasteiger partial charge in [0.05, 0.1) is 4.92 Å². The Morgan fingerprint density at radius 1 is 1.76 bits per heavy atom. The molecule has 8 nitrogen and oxygen atoms in total. The number of likely N-dealkylation sites (N-methyl/N-ethyl adjacent to an activating group) is 1. The van der Waals surface area contributed by atoms with Gasteiger partial charge in [-0.2, -0.15) is 5.26 Å². The summed E-state index contributed by atoms with van der Waals surface area (Å²) < 4.78 is 0. The van der Waals surface area contributed by atoms with Crippen molar-refractivity contribution in [2.24, 2.45) is 0 Å². The molecule has 0 radical (unpaired) electrons. The third kappa shape index (κ3) is 2.66. The quantitative estimate of drug-likeness (QED) is 0.592. The molecule has 0 saturated heterocycles. The van der Waals surface area contributed by atoms with E-state index in [-0.39, 0.29) is 11.4 Å². The highest BCUT2D eigenvalue weighted by atomic mass is 16.6. The number of nitro groups is 1. The van der Waals surface area contributed by atoms with Gasteiger partial charge in [0.25, 0.3) is 0 Å². The zero-order valence-electron chi connectivity index (χ0n) is 8.82. The fourth-order valence-electron chi connectivity index (χ4n) is 1.27. The van der Waals surface area contributed by atoms with Crippen LogP contribution in [0.3, 0.4) is 0 Å². The molecule has 0 fully saturated rings. The molecule has 1 aromatic heterocycles. The second-order valence-electron chi connectivity index (χ2n) is 3.15. The number of pyridine rings is 1. The molecule has 0 amide bonds. The highest BCUT2D eigenvalue weighted by Gasteiger charge is 2.24. The highest BCUT2D eigenvalue weighted by molar-refractivity contribution is 5.75. The standard InChI is InChI=1S/C9H8N4O4/c1-12(5-7(14)15)9-8(13(16)17)6(4-10)2-3-11-9/h2-3H,5H2,1H3,(H,14,15). The van der Waals surface area contributed by atoms with Crippen LogP contribution in [0.4, 0.5) is 11.5 Å². The van der Waals surface area contributed by atoms with E-state index in [1.807, 2.05) is 0 Å². The van der Waals surface area contributed by atoms with Crippen LogP contribution in [0.2, 0.25) is 0 Å². The highest BCUT2D eigenvalue weighted by Crippen LogP contribution is 2.27. The minimum Gasteiger partial charge on any atom is -0.480 e. The molecule has 1 aromatic rings. The molecular formula is C9H8N4O4. The number of rotatable bonds is 4. The van der Waals surface area contributed by atoms with Gasteiger partial charge in [-0.25, -0.2) is 4.98 Å². The van der Waals surface area contributed by atoms with E-state index >= 15 is 0 Å². The van der Waals surface area contributed by atoms with E-state index in [1.54, 1.807) is 6.07 Å². The van der Waals surface area contributed by atoms with Crippen LogP contribution in [0.5, 0.6) is 0 Å². The normalized spacial score (nSPS) is 9.41. The molecule has 1 heterocycles. The van der Waals surface area contributed by atoms with Crippen molar-refractivity contribution in [3.05, 3.63) is 27.9 Å². The monoisotopic (exact) mass is 236 g/mol. The summed E-state index contributed by atoms with van der Waals surface area (Å²) in [6.07, 6.45) is 1.22. The van der Waals surface area contributed by atoms with E-state index in [0.717, 1.165) is 4.90 Å². The van der Waals surface area contributed by atoms with Crippen LogP contribution < -0.4 is 4.90 Å². The van der Waals surface area contributed by atoms with E-state index in [4.69, 9.17) is 10.4 Å². The zero-order valence-corrected chi connectivity index (χ0v) is 8.82. The van der Waals surface area contributed by atoms with Crippen LogP contribution >= 0.6 is 0 Å². The van der Waals surface area contributed by atoms with Gasteiger partial charge in [-0.1, -0.05) is 0 Å². The molecule has 0 aliphatic rings. The Kier molecular flexibility index (Phi) is 3.56. The predicted octanol–water partition coefficient (Wildman–Crippen LogP) is 0.382. The number of nitriles is 1. The molecule has 0 aliphatic carbocycles. The molecule has 0 saturated carbocycles. The zero-order chi connectivity index (χ0) is 13.0. The lowest BCUT2D eigenvalue weighted by molar-refractivity contribution is -0.384. The van der Waals surface area contributed by atoms with Crippen LogP contribution in [-0.4, -0.2) is 34.6 Å². The van der Waals surface area contributed by atoms with Crippen molar-refractivity contribution in [1.82, 2.24) is 4.98 Å². The molecule has 0 aliphatic heterocycles. The van der Waals surface area contributed by atoms with Crippen LogP contribution in [-0.2, 0) is 4.79 Å². The second-order valence-corrected chi connectivity index (χ2v) is 3.15. The van der Waals surface area contributed by atoms with Gasteiger partial charge in [-0.15, -0.1) is 0 Å². The summed E-state index contributed by atoms with van der Waals surface area (Å²) in [6, 6.07) is 2.87. The molecule has 8 heteroatoms. The summed E-state index contributed by atoms with van der Waals surface area (Å²) in [6.45, 7) is -0.442. The molecule has 0 atom stereocenters. The molecule has 17 heavy (non-hydrogen) atoms. The van der Waals surface area contributed by atoms with Crippen LogP contribution in [0.1, 0.15) is 5.56 Å². The number of anilines is 1. The van der Waals surface area contributed by atoms with Gasteiger partial charge in [-0.05, 0) is 6.07 Å². The molecule has 1 rings (SSSR count). The van der Waals surface area contributed by atoms with Crippen molar-refractivity contribution >= 4 is 17.5 Å². The first-order valence-corrected chi connectivity index (χ1v) is 4.43. The number of carboxylic acids is 1. The van der Waals surface area contributed by atoms with E-state index in [1.165, 1.54) is 19.3 Å². The Hall–Kier alpha value is -2.69. The third-order valence-electron chi connectivity index (χ3n) is 1.94. The largest absolute Gasteiger partial charge is 0.480 e. The summed E-state index contributed by atoms with van der Waals surface area (Å²) >= 11 is 0. The molecule has 0 aromatic carbocycles. The molecule has 0 unspecified atom stereocenters. The smallest absolute Gasteiger partial charge is 0.329 e. The molecule has 0 spiro atoms.